The van der Waals surface area contributed by atoms with Crippen LogP contribution in [0.4, 0.5) is 0 Å². The molecule has 0 heterocycles. The number of hydrogen-bond donors (Lipinski definition) is 1. The lowest BCUT2D eigenvalue weighted by Crippen LogP contribution is -2.21. The maximum atomic E-state index is 11.3. The fourth-order valence-corrected chi connectivity index (χ4v) is 1.53. The zero-order valence-electron chi connectivity index (χ0n) is 10.9. The van der Waals surface area contributed by atoms with Crippen LogP contribution < -0.4 is 0 Å². The largest absolute Gasteiger partial charge is 0.466 e. The van der Waals surface area contributed by atoms with Crippen LogP contribution in [-0.4, -0.2) is 43.4 Å². The minimum atomic E-state index is -4.04. The van der Waals surface area contributed by atoms with Crippen molar-refractivity contribution >= 4 is 22.1 Å². The molecule has 1 atom stereocenters. The zero-order valence-corrected chi connectivity index (χ0v) is 11.7. The molecule has 0 aromatic rings. The summed E-state index contributed by atoms with van der Waals surface area (Å²) in [5.41, 5.74) is 0.230. The van der Waals surface area contributed by atoms with E-state index in [1.165, 1.54) is 13.8 Å². The van der Waals surface area contributed by atoms with Crippen LogP contribution in [0.2, 0.25) is 0 Å². The van der Waals surface area contributed by atoms with E-state index in [2.05, 4.69) is 6.58 Å². The van der Waals surface area contributed by atoms with Crippen LogP contribution in [0.15, 0.2) is 12.2 Å². The molecule has 0 spiro atoms. The molecule has 110 valence electrons. The molecule has 0 rings (SSSR count). The average Bonchev–Trinajstić information content (AvgIpc) is 2.22. The van der Waals surface area contributed by atoms with Gasteiger partial charge in [-0.1, -0.05) is 6.58 Å². The van der Waals surface area contributed by atoms with Crippen LogP contribution >= 0.6 is 0 Å². The first kappa shape index (κ1) is 17.6. The Balaban J connectivity index is 3.86. The molecule has 0 saturated carbocycles. The molecule has 1 unspecified atom stereocenters. The molecule has 0 aliphatic heterocycles. The van der Waals surface area contributed by atoms with Gasteiger partial charge in [-0.3, -0.25) is 9.35 Å². The zero-order chi connectivity index (χ0) is 15.1. The second-order valence-corrected chi connectivity index (χ2v) is 5.63. The van der Waals surface area contributed by atoms with Crippen LogP contribution in [0.5, 0.6) is 0 Å². The maximum Gasteiger partial charge on any atom is 0.333 e. The molecular formula is C11H18O7S. The third kappa shape index (κ3) is 10.2. The van der Waals surface area contributed by atoms with Crippen molar-refractivity contribution in [3.63, 3.8) is 0 Å². The van der Waals surface area contributed by atoms with Crippen molar-refractivity contribution in [2.24, 2.45) is 0 Å². The average molecular weight is 294 g/mol. The number of ether oxygens (including phenoxy) is 2. The molecule has 0 aliphatic rings. The van der Waals surface area contributed by atoms with Crippen LogP contribution in [0.25, 0.3) is 0 Å². The molecule has 0 aliphatic carbocycles. The van der Waals surface area contributed by atoms with Gasteiger partial charge in [0.1, 0.15) is 6.10 Å². The summed E-state index contributed by atoms with van der Waals surface area (Å²) >= 11 is 0. The number of carbonyl (C=O) groups is 2. The van der Waals surface area contributed by atoms with Gasteiger partial charge >= 0.3 is 11.9 Å². The van der Waals surface area contributed by atoms with Gasteiger partial charge in [0.15, 0.2) is 0 Å². The lowest BCUT2D eigenvalue weighted by atomic mass is 10.3. The van der Waals surface area contributed by atoms with E-state index in [-0.39, 0.29) is 25.0 Å². The Morgan fingerprint density at radius 3 is 2.42 bits per heavy atom. The van der Waals surface area contributed by atoms with Gasteiger partial charge in [0.05, 0.1) is 18.8 Å². The molecule has 0 saturated heterocycles. The smallest absolute Gasteiger partial charge is 0.333 e. The molecule has 0 fully saturated rings. The van der Waals surface area contributed by atoms with Crippen LogP contribution in [0, 0.1) is 0 Å². The SMILES string of the molecule is C=C(C)C(=O)OC(C)CC(=O)OCCCS(=O)(=O)O. The fourth-order valence-electron chi connectivity index (χ4n) is 1.05. The highest BCUT2D eigenvalue weighted by Gasteiger charge is 2.15. The van der Waals surface area contributed by atoms with Gasteiger partial charge in [-0.2, -0.15) is 8.42 Å². The number of rotatable bonds is 8. The Morgan fingerprint density at radius 1 is 1.37 bits per heavy atom. The van der Waals surface area contributed by atoms with Crippen LogP contribution in [-0.2, 0) is 29.2 Å². The molecule has 8 heteroatoms. The third-order valence-electron chi connectivity index (χ3n) is 1.92. The molecule has 0 radical (unpaired) electrons. The molecule has 7 nitrogen and oxygen atoms in total. The molecule has 0 bridgehead atoms. The van der Waals surface area contributed by atoms with E-state index in [4.69, 9.17) is 14.0 Å². The summed E-state index contributed by atoms with van der Waals surface area (Å²) in [6.45, 7) is 6.29. The summed E-state index contributed by atoms with van der Waals surface area (Å²) in [6.07, 6.45) is -0.784. The predicted molar refractivity (Wildman–Crippen MR) is 67.0 cm³/mol. The third-order valence-corrected chi connectivity index (χ3v) is 2.73. The predicted octanol–water partition coefficient (Wildman–Crippen LogP) is 0.705. The Labute approximate surface area is 112 Å². The number of hydrogen-bond acceptors (Lipinski definition) is 6. The minimum Gasteiger partial charge on any atom is -0.466 e. The first-order valence-corrected chi connectivity index (χ1v) is 7.20. The van der Waals surface area contributed by atoms with E-state index in [9.17, 15) is 18.0 Å². The normalized spacial score (nSPS) is 12.6. The number of carbonyl (C=O) groups excluding carboxylic acids is 2. The highest BCUT2D eigenvalue weighted by atomic mass is 32.2. The Bertz CT molecular complexity index is 438. The van der Waals surface area contributed by atoms with Gasteiger partial charge in [-0.05, 0) is 20.3 Å². The molecule has 0 aromatic heterocycles. The van der Waals surface area contributed by atoms with Crippen molar-refractivity contribution in [1.82, 2.24) is 0 Å². The van der Waals surface area contributed by atoms with Crippen molar-refractivity contribution < 1.29 is 32.0 Å². The highest BCUT2D eigenvalue weighted by Crippen LogP contribution is 2.04. The standard InChI is InChI=1S/C11H18O7S/c1-8(2)11(13)18-9(3)7-10(12)17-5-4-6-19(14,15)16/h9H,1,4-7H2,2-3H3,(H,14,15,16). The van der Waals surface area contributed by atoms with Crippen molar-refractivity contribution in [3.05, 3.63) is 12.2 Å². The maximum absolute atomic E-state index is 11.3. The summed E-state index contributed by atoms with van der Waals surface area (Å²) < 4.78 is 38.8. The van der Waals surface area contributed by atoms with Gasteiger partial charge in [0.2, 0.25) is 0 Å². The van der Waals surface area contributed by atoms with Crippen LogP contribution in [0.1, 0.15) is 26.7 Å². The molecule has 1 N–H and O–H groups in total. The first-order valence-electron chi connectivity index (χ1n) is 5.59. The van der Waals surface area contributed by atoms with Gasteiger partial charge in [-0.15, -0.1) is 0 Å². The minimum absolute atomic E-state index is 0.00447. The highest BCUT2D eigenvalue weighted by molar-refractivity contribution is 7.85. The lowest BCUT2D eigenvalue weighted by Gasteiger charge is -2.12. The second-order valence-electron chi connectivity index (χ2n) is 4.06. The van der Waals surface area contributed by atoms with Gasteiger partial charge in [0, 0.05) is 5.57 Å². The lowest BCUT2D eigenvalue weighted by molar-refractivity contribution is -0.151. The Morgan fingerprint density at radius 2 is 1.95 bits per heavy atom. The summed E-state index contributed by atoms with van der Waals surface area (Å²) in [6, 6.07) is 0. The van der Waals surface area contributed by atoms with E-state index in [1.54, 1.807) is 0 Å². The quantitative estimate of drug-likeness (QED) is 0.304. The van der Waals surface area contributed by atoms with Gasteiger partial charge in [-0.25, -0.2) is 4.79 Å². The van der Waals surface area contributed by atoms with Crippen molar-refractivity contribution in [3.8, 4) is 0 Å². The molecule has 0 aromatic carbocycles. The molecular weight excluding hydrogens is 276 g/mol. The van der Waals surface area contributed by atoms with E-state index in [0.29, 0.717) is 0 Å². The van der Waals surface area contributed by atoms with E-state index >= 15 is 0 Å². The summed E-state index contributed by atoms with van der Waals surface area (Å²) in [4.78, 5) is 22.4. The molecule has 19 heavy (non-hydrogen) atoms. The fraction of sp³-hybridized carbons (Fsp3) is 0.636. The number of esters is 2. The van der Waals surface area contributed by atoms with Crippen molar-refractivity contribution in [1.29, 1.82) is 0 Å². The van der Waals surface area contributed by atoms with Crippen molar-refractivity contribution in [2.45, 2.75) is 32.8 Å². The molecule has 0 amide bonds. The summed E-state index contributed by atoms with van der Waals surface area (Å²) in [5, 5.41) is 0. The van der Waals surface area contributed by atoms with Crippen LogP contribution in [0.3, 0.4) is 0 Å². The summed E-state index contributed by atoms with van der Waals surface area (Å²) in [7, 11) is -4.04. The van der Waals surface area contributed by atoms with Crippen molar-refractivity contribution in [2.75, 3.05) is 12.4 Å². The first-order chi connectivity index (χ1) is 8.61. The van der Waals surface area contributed by atoms with Gasteiger partial charge in [0.25, 0.3) is 10.1 Å². The second kappa shape index (κ2) is 7.90. The van der Waals surface area contributed by atoms with Gasteiger partial charge < -0.3 is 9.47 Å². The topological polar surface area (TPSA) is 107 Å². The van der Waals surface area contributed by atoms with E-state index in [0.717, 1.165) is 0 Å². The Hall–Kier alpha value is -1.41. The van der Waals surface area contributed by atoms with E-state index in [1.807, 2.05) is 0 Å². The van der Waals surface area contributed by atoms with E-state index < -0.39 is 33.9 Å². The monoisotopic (exact) mass is 294 g/mol. The summed E-state index contributed by atoms with van der Waals surface area (Å²) in [5.74, 6) is -1.68. The Kier molecular flexibility index (Phi) is 7.32.